The summed E-state index contributed by atoms with van der Waals surface area (Å²) in [6.45, 7) is 6.56. The van der Waals surface area contributed by atoms with E-state index in [1.165, 1.54) is 12.1 Å². The van der Waals surface area contributed by atoms with E-state index in [0.29, 0.717) is 6.04 Å². The van der Waals surface area contributed by atoms with Gasteiger partial charge in [0, 0.05) is 69.0 Å². The average Bonchev–Trinajstić information content (AvgIpc) is 3.19. The summed E-state index contributed by atoms with van der Waals surface area (Å²) in [5.41, 5.74) is 1.09. The van der Waals surface area contributed by atoms with E-state index in [1.54, 1.807) is 0 Å². The highest BCUT2D eigenvalue weighted by Gasteiger charge is 2.36. The number of piperazine rings is 1. The van der Waals surface area contributed by atoms with Crippen LogP contribution in [0.2, 0.25) is 0 Å². The molecule has 3 aliphatic rings. The lowest BCUT2D eigenvalue weighted by atomic mass is 10.1. The van der Waals surface area contributed by atoms with Gasteiger partial charge in [-0.15, -0.1) is 0 Å². The molecule has 0 saturated carbocycles. The first kappa shape index (κ1) is 18.1. The number of nitrogens with zero attached hydrogens (tertiary/aromatic N) is 3. The number of carbonyl (C=O) groups is 1. The van der Waals surface area contributed by atoms with Gasteiger partial charge in [-0.25, -0.2) is 4.39 Å². The molecule has 0 spiro atoms. The number of hydrogen-bond donors (Lipinski definition) is 1. The second-order valence-corrected chi connectivity index (χ2v) is 8.51. The molecule has 0 aromatic heterocycles. The van der Waals surface area contributed by atoms with Crippen molar-refractivity contribution in [1.29, 1.82) is 0 Å². The summed E-state index contributed by atoms with van der Waals surface area (Å²) < 4.78 is 13.1. The van der Waals surface area contributed by atoms with Gasteiger partial charge < -0.3 is 15.1 Å². The van der Waals surface area contributed by atoms with Gasteiger partial charge in [-0.2, -0.15) is 11.8 Å². The van der Waals surface area contributed by atoms with Crippen LogP contribution in [0.3, 0.4) is 0 Å². The Morgan fingerprint density at radius 3 is 2.42 bits per heavy atom. The highest BCUT2D eigenvalue weighted by Crippen LogP contribution is 2.22. The number of thioether (sulfide) groups is 1. The molecule has 1 aromatic carbocycles. The second kappa shape index (κ2) is 8.15. The summed E-state index contributed by atoms with van der Waals surface area (Å²) in [5, 5.41) is 3.46. The van der Waals surface area contributed by atoms with E-state index >= 15 is 0 Å². The highest BCUT2D eigenvalue weighted by atomic mass is 32.2. The lowest BCUT2D eigenvalue weighted by molar-refractivity contribution is -0.132. The number of carbonyl (C=O) groups excluding carboxylic acids is 1. The van der Waals surface area contributed by atoms with E-state index < -0.39 is 0 Å². The normalized spacial score (nSPS) is 27.7. The van der Waals surface area contributed by atoms with Gasteiger partial charge in [-0.3, -0.25) is 9.69 Å². The highest BCUT2D eigenvalue weighted by molar-refractivity contribution is 7.99. The van der Waals surface area contributed by atoms with Crippen molar-refractivity contribution >= 4 is 23.4 Å². The Kier molecular flexibility index (Phi) is 5.66. The molecule has 0 radical (unpaired) electrons. The molecule has 3 fully saturated rings. The Balaban J connectivity index is 1.27. The van der Waals surface area contributed by atoms with Crippen molar-refractivity contribution in [3.05, 3.63) is 30.1 Å². The molecular weight excluding hydrogens is 351 g/mol. The van der Waals surface area contributed by atoms with Crippen molar-refractivity contribution in [3.8, 4) is 0 Å². The predicted octanol–water partition coefficient (Wildman–Crippen LogP) is 1.25. The molecule has 3 heterocycles. The zero-order chi connectivity index (χ0) is 17.9. The average molecular weight is 379 g/mol. The number of anilines is 1. The molecule has 0 bridgehead atoms. The van der Waals surface area contributed by atoms with Crippen LogP contribution in [-0.2, 0) is 4.79 Å². The van der Waals surface area contributed by atoms with Gasteiger partial charge in [0.05, 0.1) is 6.04 Å². The summed E-state index contributed by atoms with van der Waals surface area (Å²) in [6, 6.07) is 7.19. The van der Waals surface area contributed by atoms with Gasteiger partial charge in [0.15, 0.2) is 0 Å². The Hall–Kier alpha value is -1.31. The van der Waals surface area contributed by atoms with Crippen molar-refractivity contribution in [2.75, 3.05) is 62.2 Å². The first-order valence-electron chi connectivity index (χ1n) is 9.55. The predicted molar refractivity (Wildman–Crippen MR) is 104 cm³/mol. The first-order valence-corrected chi connectivity index (χ1v) is 10.7. The van der Waals surface area contributed by atoms with Crippen LogP contribution in [0.25, 0.3) is 0 Å². The smallest absolute Gasteiger partial charge is 0.239 e. The summed E-state index contributed by atoms with van der Waals surface area (Å²) in [6.07, 6.45) is 0.916. The Bertz CT molecular complexity index is 614. The van der Waals surface area contributed by atoms with Gasteiger partial charge >= 0.3 is 0 Å². The topological polar surface area (TPSA) is 38.8 Å². The lowest BCUT2D eigenvalue weighted by Gasteiger charge is -2.39. The quantitative estimate of drug-likeness (QED) is 0.857. The number of hydrogen-bond acceptors (Lipinski definition) is 5. The van der Waals surface area contributed by atoms with Crippen LogP contribution in [0, 0.1) is 5.82 Å². The van der Waals surface area contributed by atoms with Crippen LogP contribution < -0.4 is 10.2 Å². The number of rotatable bonds is 3. The summed E-state index contributed by atoms with van der Waals surface area (Å²) in [5.74, 6) is 2.23. The Morgan fingerprint density at radius 1 is 1.04 bits per heavy atom. The molecule has 26 heavy (non-hydrogen) atoms. The van der Waals surface area contributed by atoms with Crippen LogP contribution >= 0.6 is 11.8 Å². The molecule has 1 aromatic rings. The molecular formula is C19H27FN4OS. The van der Waals surface area contributed by atoms with Crippen LogP contribution in [0.4, 0.5) is 10.1 Å². The maximum Gasteiger partial charge on any atom is 0.239 e. The molecule has 1 amide bonds. The summed E-state index contributed by atoms with van der Waals surface area (Å²) in [4.78, 5) is 19.5. The molecule has 5 nitrogen and oxygen atoms in total. The van der Waals surface area contributed by atoms with Crippen molar-refractivity contribution < 1.29 is 9.18 Å². The fraction of sp³-hybridized carbons (Fsp3) is 0.632. The van der Waals surface area contributed by atoms with E-state index in [1.807, 2.05) is 28.8 Å². The number of halogens is 1. The third-order valence-corrected chi connectivity index (χ3v) is 6.69. The van der Waals surface area contributed by atoms with Crippen LogP contribution in [0.5, 0.6) is 0 Å². The molecule has 142 valence electrons. The molecule has 3 saturated heterocycles. The van der Waals surface area contributed by atoms with E-state index in [9.17, 15) is 9.18 Å². The van der Waals surface area contributed by atoms with Crippen LogP contribution in [0.15, 0.2) is 24.3 Å². The third kappa shape index (κ3) is 4.00. The minimum absolute atomic E-state index is 0.0155. The SMILES string of the molecule is O=C([C@@H]1C[C@H](N2CCN(c3ccc(F)cc3)CC2)CN1)N1CCSCC1. The number of amides is 1. The van der Waals surface area contributed by atoms with Crippen LogP contribution in [-0.4, -0.2) is 85.1 Å². The molecule has 0 unspecified atom stereocenters. The van der Waals surface area contributed by atoms with Gasteiger partial charge in [0.25, 0.3) is 0 Å². The Labute approximate surface area is 158 Å². The largest absolute Gasteiger partial charge is 0.369 e. The monoisotopic (exact) mass is 378 g/mol. The van der Waals surface area contributed by atoms with E-state index in [2.05, 4.69) is 15.1 Å². The van der Waals surface area contributed by atoms with Gasteiger partial charge in [0.2, 0.25) is 5.91 Å². The fourth-order valence-electron chi connectivity index (χ4n) is 4.18. The third-order valence-electron chi connectivity index (χ3n) is 5.75. The maximum atomic E-state index is 13.1. The first-order chi connectivity index (χ1) is 12.7. The van der Waals surface area contributed by atoms with Gasteiger partial charge in [-0.1, -0.05) is 0 Å². The Morgan fingerprint density at radius 2 is 1.73 bits per heavy atom. The summed E-state index contributed by atoms with van der Waals surface area (Å²) >= 11 is 1.93. The minimum atomic E-state index is -0.188. The van der Waals surface area contributed by atoms with E-state index in [0.717, 1.165) is 69.4 Å². The lowest BCUT2D eigenvalue weighted by Crippen LogP contribution is -2.51. The second-order valence-electron chi connectivity index (χ2n) is 7.29. The molecule has 2 atom stereocenters. The van der Waals surface area contributed by atoms with Gasteiger partial charge in [0.1, 0.15) is 5.82 Å². The molecule has 4 rings (SSSR count). The van der Waals surface area contributed by atoms with E-state index in [4.69, 9.17) is 0 Å². The minimum Gasteiger partial charge on any atom is -0.369 e. The van der Waals surface area contributed by atoms with Crippen molar-refractivity contribution in [2.24, 2.45) is 0 Å². The number of benzene rings is 1. The maximum absolute atomic E-state index is 13.1. The zero-order valence-corrected chi connectivity index (χ0v) is 15.9. The molecule has 7 heteroatoms. The van der Waals surface area contributed by atoms with Gasteiger partial charge in [-0.05, 0) is 30.7 Å². The van der Waals surface area contributed by atoms with Crippen molar-refractivity contribution in [2.45, 2.75) is 18.5 Å². The van der Waals surface area contributed by atoms with E-state index in [-0.39, 0.29) is 17.8 Å². The van der Waals surface area contributed by atoms with Crippen LogP contribution in [0.1, 0.15) is 6.42 Å². The molecule has 1 N–H and O–H groups in total. The summed E-state index contributed by atoms with van der Waals surface area (Å²) in [7, 11) is 0. The number of nitrogens with one attached hydrogen (secondary N) is 1. The fourth-order valence-corrected chi connectivity index (χ4v) is 5.09. The van der Waals surface area contributed by atoms with Crippen molar-refractivity contribution in [3.63, 3.8) is 0 Å². The standard InChI is InChI=1S/C19H27FN4OS/c20-15-1-3-16(4-2-15)22-5-7-23(8-6-22)17-13-18(21-14-17)19(25)24-9-11-26-12-10-24/h1-4,17-18,21H,5-14H2/t17-,18-/m0/s1. The van der Waals surface area contributed by atoms with Crippen molar-refractivity contribution in [1.82, 2.24) is 15.1 Å². The zero-order valence-electron chi connectivity index (χ0n) is 15.1. The molecule has 3 aliphatic heterocycles. The molecule has 0 aliphatic carbocycles.